The fourth-order valence-electron chi connectivity index (χ4n) is 5.02. The summed E-state index contributed by atoms with van der Waals surface area (Å²) < 4.78 is 27.3. The average molecular weight is 550 g/mol. The van der Waals surface area contributed by atoms with Crippen LogP contribution in [0.4, 0.5) is 15.8 Å². The average Bonchev–Trinajstić information content (AvgIpc) is 3.14. The van der Waals surface area contributed by atoms with Crippen LogP contribution in [0.25, 0.3) is 0 Å². The molecule has 1 unspecified atom stereocenters. The molecule has 39 heavy (non-hydrogen) atoms. The maximum atomic E-state index is 16.0. The number of phenols is 1. The lowest BCUT2D eigenvalue weighted by atomic mass is 9.88. The van der Waals surface area contributed by atoms with E-state index >= 15 is 4.39 Å². The van der Waals surface area contributed by atoms with Crippen molar-refractivity contribution in [2.75, 3.05) is 22.6 Å². The molecule has 3 heterocycles. The predicted molar refractivity (Wildman–Crippen MR) is 152 cm³/mol. The van der Waals surface area contributed by atoms with Crippen molar-refractivity contribution in [1.29, 1.82) is 0 Å². The number of hydrogen-bond acceptors (Lipinski definition) is 7. The summed E-state index contributed by atoms with van der Waals surface area (Å²) in [5.74, 6) is 0.947. The number of carbonyl (C=O) groups is 1. The predicted octanol–water partition coefficient (Wildman–Crippen LogP) is 7.28. The molecule has 204 valence electrons. The Labute approximate surface area is 231 Å². The lowest BCUT2D eigenvalue weighted by molar-refractivity contribution is 0.0974. The van der Waals surface area contributed by atoms with Gasteiger partial charge in [0.1, 0.15) is 28.8 Å². The third-order valence-corrected chi connectivity index (χ3v) is 8.52. The molecule has 0 fully saturated rings. The number of para-hydroxylation sites is 1. The van der Waals surface area contributed by atoms with Crippen LogP contribution in [-0.2, 0) is 0 Å². The summed E-state index contributed by atoms with van der Waals surface area (Å²) in [7, 11) is 0. The summed E-state index contributed by atoms with van der Waals surface area (Å²) in [4.78, 5) is 21.0. The van der Waals surface area contributed by atoms with Crippen LogP contribution < -0.4 is 15.0 Å². The number of nitrogens with one attached hydrogen (secondary N) is 1. The highest BCUT2D eigenvalue weighted by atomic mass is 32.2. The normalized spacial score (nSPS) is 18.1. The Balaban J connectivity index is 1.73. The van der Waals surface area contributed by atoms with Crippen molar-refractivity contribution in [2.45, 2.75) is 46.6 Å². The van der Waals surface area contributed by atoms with Crippen molar-refractivity contribution in [3.63, 3.8) is 0 Å². The first-order valence-corrected chi connectivity index (χ1v) is 13.8. The lowest BCUT2D eigenvalue weighted by Crippen LogP contribution is -2.37. The highest BCUT2D eigenvalue weighted by Gasteiger charge is 2.42. The van der Waals surface area contributed by atoms with Gasteiger partial charge in [-0.15, -0.1) is 18.3 Å². The van der Waals surface area contributed by atoms with Crippen molar-refractivity contribution in [1.82, 2.24) is 4.98 Å². The number of benzene rings is 2. The van der Waals surface area contributed by atoms with Gasteiger partial charge >= 0.3 is 0 Å². The van der Waals surface area contributed by atoms with Crippen LogP contribution >= 0.6 is 11.8 Å². The fourth-order valence-corrected chi connectivity index (χ4v) is 6.35. The van der Waals surface area contributed by atoms with Crippen molar-refractivity contribution < 1.29 is 23.4 Å². The van der Waals surface area contributed by atoms with Crippen molar-refractivity contribution in [3.05, 3.63) is 88.4 Å². The van der Waals surface area contributed by atoms with Crippen LogP contribution in [-0.4, -0.2) is 28.4 Å². The number of thioether (sulfide) groups is 1. The third kappa shape index (κ3) is 5.15. The number of allylic oxidation sites excluding steroid dienone is 1. The van der Waals surface area contributed by atoms with E-state index in [1.807, 2.05) is 0 Å². The maximum Gasteiger partial charge on any atom is 0.281 e. The number of phenolic OH excluding ortho intramolecular Hbond substituents is 1. The maximum absolute atomic E-state index is 16.0. The standard InChI is InChI=1S/C30H32FN3O4S/c1-6-7-13-37-19-11-12-20(21(31)14-19)27-28-22(15-30(4,5)16-39-28)33-26-23(9-8-10-24(26)35)34(27)29(36)25-17(2)38-18(3)32-25/h6,8-12,14,27,33,35H,1,7,13,15-16H2,2-5H3. The molecular formula is C30H32FN3O4S. The van der Waals surface area contributed by atoms with Gasteiger partial charge in [-0.1, -0.05) is 26.0 Å². The number of carbonyl (C=O) groups excluding carboxylic acids is 1. The first kappa shape index (κ1) is 26.9. The Morgan fingerprint density at radius 1 is 1.36 bits per heavy atom. The molecule has 7 nitrogen and oxygen atoms in total. The van der Waals surface area contributed by atoms with E-state index in [4.69, 9.17) is 9.15 Å². The fraction of sp³-hybridized carbons (Fsp3) is 0.333. The monoisotopic (exact) mass is 549 g/mol. The van der Waals surface area contributed by atoms with Crippen LogP contribution in [0.1, 0.15) is 60.4 Å². The molecule has 9 heteroatoms. The highest BCUT2D eigenvalue weighted by Crippen LogP contribution is 2.54. The first-order valence-electron chi connectivity index (χ1n) is 12.8. The minimum absolute atomic E-state index is 0.00864. The molecule has 2 N–H and O–H groups in total. The van der Waals surface area contributed by atoms with Gasteiger partial charge in [0.25, 0.3) is 5.91 Å². The molecule has 2 aromatic carbocycles. The van der Waals surface area contributed by atoms with Crippen molar-refractivity contribution >= 4 is 29.0 Å². The largest absolute Gasteiger partial charge is 0.506 e. The van der Waals surface area contributed by atoms with Crippen LogP contribution in [0.15, 0.2) is 64.1 Å². The zero-order chi connectivity index (χ0) is 27.9. The summed E-state index contributed by atoms with van der Waals surface area (Å²) in [6.45, 7) is 11.8. The second kappa shape index (κ2) is 10.4. The molecule has 0 saturated heterocycles. The Kier molecular flexibility index (Phi) is 7.20. The van der Waals surface area contributed by atoms with Gasteiger partial charge in [0.15, 0.2) is 11.6 Å². The molecule has 2 aliphatic heterocycles. The van der Waals surface area contributed by atoms with E-state index < -0.39 is 17.8 Å². The number of ether oxygens (including phenoxy) is 1. The summed E-state index contributed by atoms with van der Waals surface area (Å²) >= 11 is 1.59. The van der Waals surface area contributed by atoms with Crippen LogP contribution in [0.5, 0.6) is 11.5 Å². The van der Waals surface area contributed by atoms with Crippen LogP contribution in [0.3, 0.4) is 0 Å². The molecule has 1 amide bonds. The quantitative estimate of drug-likeness (QED) is 0.190. The zero-order valence-electron chi connectivity index (χ0n) is 22.5. The number of anilines is 2. The van der Waals surface area contributed by atoms with E-state index in [1.54, 1.807) is 62.0 Å². The number of amides is 1. The van der Waals surface area contributed by atoms with Gasteiger partial charge in [-0.25, -0.2) is 9.37 Å². The van der Waals surface area contributed by atoms with Crippen LogP contribution in [0.2, 0.25) is 0 Å². The number of oxazole rings is 1. The Morgan fingerprint density at radius 2 is 2.15 bits per heavy atom. The molecule has 0 saturated carbocycles. The van der Waals surface area contributed by atoms with E-state index in [-0.39, 0.29) is 16.9 Å². The van der Waals surface area contributed by atoms with Gasteiger partial charge in [0.05, 0.1) is 18.3 Å². The number of nitrogens with zero attached hydrogens (tertiary/aromatic N) is 2. The van der Waals surface area contributed by atoms with Gasteiger partial charge < -0.3 is 19.6 Å². The summed E-state index contributed by atoms with van der Waals surface area (Å²) in [6.07, 6.45) is 3.04. The highest BCUT2D eigenvalue weighted by molar-refractivity contribution is 8.03. The number of aromatic hydroxyl groups is 1. The zero-order valence-corrected chi connectivity index (χ0v) is 23.3. The van der Waals surface area contributed by atoms with Gasteiger partial charge in [-0.3, -0.25) is 9.69 Å². The van der Waals surface area contributed by atoms with E-state index in [9.17, 15) is 9.90 Å². The Hall–Kier alpha value is -3.72. The van der Waals surface area contributed by atoms with Gasteiger partial charge in [0, 0.05) is 34.9 Å². The van der Waals surface area contributed by atoms with Gasteiger partial charge in [-0.05, 0) is 49.4 Å². The number of fused-ring (bicyclic) bond motifs is 1. The van der Waals surface area contributed by atoms with E-state index in [1.165, 1.54) is 11.0 Å². The first-order chi connectivity index (χ1) is 18.6. The number of aryl methyl sites for hydroxylation is 2. The Bertz CT molecular complexity index is 1480. The van der Waals surface area contributed by atoms with E-state index in [0.717, 1.165) is 16.4 Å². The van der Waals surface area contributed by atoms with Crippen LogP contribution in [0, 0.1) is 25.1 Å². The molecule has 3 aromatic rings. The summed E-state index contributed by atoms with van der Waals surface area (Å²) in [5, 5.41) is 14.3. The number of aromatic nitrogens is 1. The molecule has 5 rings (SSSR count). The number of halogens is 1. The number of hydrogen-bond donors (Lipinski definition) is 2. The van der Waals surface area contributed by atoms with Crippen molar-refractivity contribution in [2.24, 2.45) is 5.41 Å². The second-order valence-electron chi connectivity index (χ2n) is 10.6. The molecule has 2 aliphatic rings. The molecule has 0 bridgehead atoms. The summed E-state index contributed by atoms with van der Waals surface area (Å²) in [5.41, 5.74) is 2.06. The molecular weight excluding hydrogens is 517 g/mol. The molecule has 0 radical (unpaired) electrons. The molecule has 1 atom stereocenters. The molecule has 0 aliphatic carbocycles. The minimum Gasteiger partial charge on any atom is -0.506 e. The smallest absolute Gasteiger partial charge is 0.281 e. The molecule has 0 spiro atoms. The number of rotatable bonds is 6. The molecule has 1 aromatic heterocycles. The van der Waals surface area contributed by atoms with Crippen molar-refractivity contribution in [3.8, 4) is 11.5 Å². The second-order valence-corrected chi connectivity index (χ2v) is 11.6. The SMILES string of the molecule is C=CCCOc1ccc(C2C3=C(CC(C)(C)CS3)Nc3c(O)cccc3N2C(=O)c2nc(C)oc2C)c(F)c1. The minimum atomic E-state index is -0.817. The lowest BCUT2D eigenvalue weighted by Gasteiger charge is -2.37. The topological polar surface area (TPSA) is 87.8 Å². The third-order valence-electron chi connectivity index (χ3n) is 6.82. The van der Waals surface area contributed by atoms with Gasteiger partial charge in [0.2, 0.25) is 0 Å². The van der Waals surface area contributed by atoms with E-state index in [0.29, 0.717) is 53.8 Å². The van der Waals surface area contributed by atoms with E-state index in [2.05, 4.69) is 30.7 Å². The van der Waals surface area contributed by atoms with Gasteiger partial charge in [-0.2, -0.15) is 0 Å². The summed E-state index contributed by atoms with van der Waals surface area (Å²) in [6, 6.07) is 8.90. The Morgan fingerprint density at radius 3 is 2.85 bits per heavy atom.